The largest absolute Gasteiger partial charge is 0.462 e. The molecule has 0 atom stereocenters. The predicted molar refractivity (Wildman–Crippen MR) is 87.1 cm³/mol. The topological polar surface area (TPSA) is 73.7 Å². The minimum atomic E-state index is -0.469. The summed E-state index contributed by atoms with van der Waals surface area (Å²) in [5.41, 5.74) is 0.123. The fourth-order valence-electron chi connectivity index (χ4n) is 2.56. The van der Waals surface area contributed by atoms with Crippen LogP contribution >= 0.6 is 11.3 Å². The zero-order valence-electron chi connectivity index (χ0n) is 13.0. The number of esters is 1. The lowest BCUT2D eigenvalue weighted by Gasteiger charge is -2.26. The van der Waals surface area contributed by atoms with Crippen LogP contribution in [0.15, 0.2) is 16.5 Å². The smallest absolute Gasteiger partial charge is 0.339 e. The van der Waals surface area contributed by atoms with E-state index >= 15 is 0 Å². The van der Waals surface area contributed by atoms with E-state index in [1.165, 1.54) is 11.3 Å². The summed E-state index contributed by atoms with van der Waals surface area (Å²) in [6.07, 6.45) is 1.55. The molecule has 0 spiro atoms. The third-order valence-electron chi connectivity index (χ3n) is 3.82. The number of morpholine rings is 1. The van der Waals surface area contributed by atoms with E-state index < -0.39 is 5.97 Å². The molecule has 1 aliphatic heterocycles. The van der Waals surface area contributed by atoms with Gasteiger partial charge in [0.2, 0.25) is 0 Å². The van der Waals surface area contributed by atoms with Crippen LogP contribution in [0.4, 0.5) is 0 Å². The molecule has 0 aliphatic carbocycles. The molecule has 1 saturated heterocycles. The molecule has 0 aromatic carbocycles. The molecule has 0 bridgehead atoms. The van der Waals surface area contributed by atoms with Gasteiger partial charge in [0.25, 0.3) is 5.56 Å². The fraction of sp³-hybridized carbons (Fsp3) is 0.533. The van der Waals surface area contributed by atoms with Gasteiger partial charge in [-0.05, 0) is 6.92 Å². The lowest BCUT2D eigenvalue weighted by molar-refractivity contribution is 0.0362. The van der Waals surface area contributed by atoms with Crippen LogP contribution in [0, 0.1) is 0 Å². The number of hydrogen-bond donors (Lipinski definition) is 0. The molecule has 7 nitrogen and oxygen atoms in total. The van der Waals surface area contributed by atoms with E-state index in [0.29, 0.717) is 22.3 Å². The Morgan fingerprint density at radius 2 is 2.17 bits per heavy atom. The van der Waals surface area contributed by atoms with Gasteiger partial charge in [-0.15, -0.1) is 11.3 Å². The van der Waals surface area contributed by atoms with Crippen molar-refractivity contribution in [3.05, 3.63) is 27.6 Å². The lowest BCUT2D eigenvalue weighted by Crippen LogP contribution is -2.39. The molecule has 124 valence electrons. The van der Waals surface area contributed by atoms with E-state index in [9.17, 15) is 9.59 Å². The van der Waals surface area contributed by atoms with Crippen molar-refractivity contribution >= 4 is 27.5 Å². The third kappa shape index (κ3) is 3.44. The van der Waals surface area contributed by atoms with Gasteiger partial charge >= 0.3 is 5.97 Å². The fourth-order valence-corrected chi connectivity index (χ4v) is 3.43. The highest BCUT2D eigenvalue weighted by atomic mass is 32.1. The average molecular weight is 337 g/mol. The van der Waals surface area contributed by atoms with E-state index in [0.717, 1.165) is 32.8 Å². The Hall–Kier alpha value is -1.77. The van der Waals surface area contributed by atoms with Gasteiger partial charge in [-0.3, -0.25) is 14.3 Å². The highest BCUT2D eigenvalue weighted by Gasteiger charge is 2.18. The number of ether oxygens (including phenoxy) is 2. The van der Waals surface area contributed by atoms with Crippen molar-refractivity contribution in [2.24, 2.45) is 0 Å². The van der Waals surface area contributed by atoms with Crippen molar-refractivity contribution < 1.29 is 14.3 Å². The minimum absolute atomic E-state index is 0.187. The van der Waals surface area contributed by atoms with E-state index in [2.05, 4.69) is 9.88 Å². The average Bonchev–Trinajstić information content (AvgIpc) is 3.00. The van der Waals surface area contributed by atoms with E-state index in [-0.39, 0.29) is 12.2 Å². The molecule has 1 fully saturated rings. The van der Waals surface area contributed by atoms with Crippen molar-refractivity contribution in [1.29, 1.82) is 0 Å². The summed E-state index contributed by atoms with van der Waals surface area (Å²) in [5.74, 6) is -0.469. The molecule has 0 saturated carbocycles. The zero-order valence-corrected chi connectivity index (χ0v) is 13.8. The molecule has 23 heavy (non-hydrogen) atoms. The van der Waals surface area contributed by atoms with Gasteiger partial charge in [0, 0.05) is 31.6 Å². The summed E-state index contributed by atoms with van der Waals surface area (Å²) in [5, 5.41) is 2.00. The number of thiophene rings is 1. The molecule has 0 amide bonds. The molecule has 0 N–H and O–H groups in total. The second-order valence-electron chi connectivity index (χ2n) is 5.25. The molecule has 1 aliphatic rings. The summed E-state index contributed by atoms with van der Waals surface area (Å²) in [4.78, 5) is 31.8. The monoisotopic (exact) mass is 337 g/mol. The van der Waals surface area contributed by atoms with Crippen molar-refractivity contribution in [2.75, 3.05) is 39.5 Å². The zero-order chi connectivity index (χ0) is 16.2. The standard InChI is InChI=1S/C15H19N3O4S/c1-2-22-15(20)11-9-23-13-12(11)14(19)18(10-16-13)4-3-17-5-7-21-8-6-17/h9-10H,2-8H2,1H3. The van der Waals surface area contributed by atoms with Gasteiger partial charge < -0.3 is 9.47 Å². The first-order valence-corrected chi connectivity index (χ1v) is 8.52. The Morgan fingerprint density at radius 1 is 1.39 bits per heavy atom. The highest BCUT2D eigenvalue weighted by molar-refractivity contribution is 7.17. The second kappa shape index (κ2) is 7.20. The molecule has 3 rings (SSSR count). The number of aromatic nitrogens is 2. The van der Waals surface area contributed by atoms with Crippen LogP contribution < -0.4 is 5.56 Å². The molecule has 0 radical (unpaired) electrons. The van der Waals surface area contributed by atoms with Crippen molar-refractivity contribution in [3.8, 4) is 0 Å². The summed E-state index contributed by atoms with van der Waals surface area (Å²) < 4.78 is 11.9. The Labute approximate surface area is 137 Å². The van der Waals surface area contributed by atoms with Crippen LogP contribution in [-0.4, -0.2) is 59.9 Å². The number of fused-ring (bicyclic) bond motifs is 1. The summed E-state index contributed by atoms with van der Waals surface area (Å²) in [6, 6.07) is 0. The minimum Gasteiger partial charge on any atom is -0.462 e. The van der Waals surface area contributed by atoms with Crippen LogP contribution in [0.25, 0.3) is 10.2 Å². The summed E-state index contributed by atoms with van der Waals surface area (Å²) in [6.45, 7) is 6.52. The van der Waals surface area contributed by atoms with Crippen molar-refractivity contribution in [3.63, 3.8) is 0 Å². The van der Waals surface area contributed by atoms with Crippen LogP contribution in [0.5, 0.6) is 0 Å². The summed E-state index contributed by atoms with van der Waals surface area (Å²) >= 11 is 1.28. The van der Waals surface area contributed by atoms with Crippen LogP contribution in [-0.2, 0) is 16.0 Å². The molecule has 2 aromatic rings. The van der Waals surface area contributed by atoms with Gasteiger partial charge in [-0.1, -0.05) is 0 Å². The molecule has 2 aromatic heterocycles. The first kappa shape index (κ1) is 16.1. The maximum absolute atomic E-state index is 12.7. The van der Waals surface area contributed by atoms with E-state index in [1.54, 1.807) is 23.2 Å². The summed E-state index contributed by atoms with van der Waals surface area (Å²) in [7, 11) is 0. The van der Waals surface area contributed by atoms with Crippen LogP contribution in [0.3, 0.4) is 0 Å². The second-order valence-corrected chi connectivity index (χ2v) is 6.11. The van der Waals surface area contributed by atoms with E-state index in [4.69, 9.17) is 9.47 Å². The molecule has 3 heterocycles. The Morgan fingerprint density at radius 3 is 2.91 bits per heavy atom. The Balaban J connectivity index is 1.84. The highest BCUT2D eigenvalue weighted by Crippen LogP contribution is 2.21. The lowest BCUT2D eigenvalue weighted by atomic mass is 10.2. The van der Waals surface area contributed by atoms with Gasteiger partial charge in [0.05, 0.1) is 37.1 Å². The van der Waals surface area contributed by atoms with E-state index in [1.807, 2.05) is 0 Å². The van der Waals surface area contributed by atoms with Crippen molar-refractivity contribution in [1.82, 2.24) is 14.5 Å². The van der Waals surface area contributed by atoms with Gasteiger partial charge in [-0.25, -0.2) is 9.78 Å². The number of hydrogen-bond acceptors (Lipinski definition) is 7. The van der Waals surface area contributed by atoms with Gasteiger partial charge in [0.15, 0.2) is 0 Å². The van der Waals surface area contributed by atoms with Crippen LogP contribution in [0.2, 0.25) is 0 Å². The first-order valence-electron chi connectivity index (χ1n) is 7.64. The molecule has 8 heteroatoms. The predicted octanol–water partition coefficient (Wildman–Crippen LogP) is 0.967. The maximum atomic E-state index is 12.7. The number of carbonyl (C=O) groups is 1. The molecular weight excluding hydrogens is 318 g/mol. The Bertz CT molecular complexity index is 749. The Kier molecular flexibility index (Phi) is 5.04. The van der Waals surface area contributed by atoms with Crippen LogP contribution in [0.1, 0.15) is 17.3 Å². The maximum Gasteiger partial charge on any atom is 0.339 e. The SMILES string of the molecule is CCOC(=O)c1csc2ncn(CCN3CCOCC3)c(=O)c12. The molecular formula is C15H19N3O4S. The molecule has 0 unspecified atom stereocenters. The first-order chi connectivity index (χ1) is 11.2. The van der Waals surface area contributed by atoms with Gasteiger partial charge in [-0.2, -0.15) is 0 Å². The van der Waals surface area contributed by atoms with Gasteiger partial charge in [0.1, 0.15) is 4.83 Å². The quantitative estimate of drug-likeness (QED) is 0.757. The normalized spacial score (nSPS) is 15.9. The number of carbonyl (C=O) groups excluding carboxylic acids is 1. The number of nitrogens with zero attached hydrogens (tertiary/aromatic N) is 3. The number of rotatable bonds is 5. The third-order valence-corrected chi connectivity index (χ3v) is 4.70. The van der Waals surface area contributed by atoms with Crippen molar-refractivity contribution in [2.45, 2.75) is 13.5 Å².